The zero-order valence-corrected chi connectivity index (χ0v) is 19.1. The van der Waals surface area contributed by atoms with E-state index in [9.17, 15) is 31.5 Å². The number of hydrogen-bond donors (Lipinski definition) is 3. The number of pyridine rings is 1. The van der Waals surface area contributed by atoms with E-state index in [1.807, 2.05) is 0 Å². The molecule has 190 valence electrons. The Bertz CT molecular complexity index is 1140. The number of rotatable bonds is 8. The molecule has 1 aliphatic carbocycles. The maximum atomic E-state index is 14.6. The molecule has 2 heterocycles. The molecule has 1 unspecified atom stereocenters. The molecule has 2 aliphatic rings. The molecule has 1 atom stereocenters. The van der Waals surface area contributed by atoms with Crippen molar-refractivity contribution in [3.05, 3.63) is 63.3 Å². The first kappa shape index (κ1) is 25.2. The molecule has 2 aromatic rings. The predicted molar refractivity (Wildman–Crippen MR) is 121 cm³/mol. The Hall–Kier alpha value is -2.95. The number of alkyl halides is 4. The van der Waals surface area contributed by atoms with E-state index < -0.39 is 47.3 Å². The van der Waals surface area contributed by atoms with Gasteiger partial charge in [-0.25, -0.2) is 22.0 Å². The summed E-state index contributed by atoms with van der Waals surface area (Å²) in [5.74, 6) is -1.86. The minimum atomic E-state index is -3.02. The molecule has 3 N–H and O–H groups in total. The van der Waals surface area contributed by atoms with Crippen molar-refractivity contribution in [2.45, 2.75) is 63.1 Å². The van der Waals surface area contributed by atoms with E-state index >= 15 is 0 Å². The van der Waals surface area contributed by atoms with Crippen molar-refractivity contribution >= 4 is 11.6 Å². The summed E-state index contributed by atoms with van der Waals surface area (Å²) in [7, 11) is 0. The van der Waals surface area contributed by atoms with Crippen LogP contribution in [0.2, 0.25) is 0 Å². The standard InChI is InChI=1S/C24H27F5N4O2/c1-13(15-3-2-4-16(20(15)25)21(26)27)31-22(35)17-12-33(24(7-8-24)23(28)29)19(34)11-18(17)32-14-5-9-30-10-6-14/h2-4,11-14,21,23,30,32H,5-10H2,1H3,(H,31,35). The third-order valence-electron chi connectivity index (χ3n) is 6.75. The van der Waals surface area contributed by atoms with Gasteiger partial charge < -0.3 is 20.5 Å². The maximum absolute atomic E-state index is 14.6. The van der Waals surface area contributed by atoms with Gasteiger partial charge in [-0.3, -0.25) is 9.59 Å². The summed E-state index contributed by atoms with van der Waals surface area (Å²) < 4.78 is 69.2. The zero-order chi connectivity index (χ0) is 25.3. The van der Waals surface area contributed by atoms with Crippen molar-refractivity contribution in [2.24, 2.45) is 0 Å². The molecule has 0 radical (unpaired) electrons. The van der Waals surface area contributed by atoms with Crippen molar-refractivity contribution < 1.29 is 26.7 Å². The Balaban J connectivity index is 1.67. The molecule has 1 saturated heterocycles. The third-order valence-corrected chi connectivity index (χ3v) is 6.75. The van der Waals surface area contributed by atoms with E-state index in [-0.39, 0.29) is 35.7 Å². The van der Waals surface area contributed by atoms with Gasteiger partial charge in [0, 0.05) is 23.9 Å². The maximum Gasteiger partial charge on any atom is 0.266 e. The van der Waals surface area contributed by atoms with Crippen LogP contribution in [0.4, 0.5) is 27.6 Å². The van der Waals surface area contributed by atoms with Crippen molar-refractivity contribution in [1.29, 1.82) is 0 Å². The van der Waals surface area contributed by atoms with E-state index in [0.29, 0.717) is 0 Å². The molecule has 6 nitrogen and oxygen atoms in total. The van der Waals surface area contributed by atoms with E-state index in [1.165, 1.54) is 19.1 Å². The summed E-state index contributed by atoms with van der Waals surface area (Å²) in [4.78, 5) is 26.0. The Labute approximate surface area is 198 Å². The van der Waals surface area contributed by atoms with Crippen LogP contribution in [0.15, 0.2) is 35.3 Å². The number of carbonyl (C=O) groups excluding carboxylic acids is 1. The lowest BCUT2D eigenvalue weighted by Gasteiger charge is -2.27. The van der Waals surface area contributed by atoms with Crippen LogP contribution in [0.5, 0.6) is 0 Å². The smallest absolute Gasteiger partial charge is 0.266 e. The summed E-state index contributed by atoms with van der Waals surface area (Å²) in [6, 6.07) is 3.62. The van der Waals surface area contributed by atoms with Gasteiger partial charge in [0.1, 0.15) is 11.4 Å². The van der Waals surface area contributed by atoms with Crippen molar-refractivity contribution in [2.75, 3.05) is 18.4 Å². The largest absolute Gasteiger partial charge is 0.381 e. The van der Waals surface area contributed by atoms with Gasteiger partial charge in [-0.2, -0.15) is 0 Å². The fourth-order valence-corrected chi connectivity index (χ4v) is 4.48. The van der Waals surface area contributed by atoms with E-state index in [0.717, 1.165) is 48.8 Å². The number of anilines is 1. The topological polar surface area (TPSA) is 75.2 Å². The molecule has 1 saturated carbocycles. The lowest BCUT2D eigenvalue weighted by atomic mass is 10.0. The fourth-order valence-electron chi connectivity index (χ4n) is 4.48. The third kappa shape index (κ3) is 5.05. The highest BCUT2D eigenvalue weighted by Crippen LogP contribution is 2.48. The Kier molecular flexibility index (Phi) is 7.16. The minimum absolute atomic E-state index is 0.0411. The highest BCUT2D eigenvalue weighted by Gasteiger charge is 2.53. The molecular formula is C24H27F5N4O2. The van der Waals surface area contributed by atoms with Gasteiger partial charge in [-0.1, -0.05) is 18.2 Å². The highest BCUT2D eigenvalue weighted by atomic mass is 19.3. The summed E-state index contributed by atoms with van der Waals surface area (Å²) in [5, 5.41) is 8.94. The van der Waals surface area contributed by atoms with Crippen LogP contribution in [-0.2, 0) is 5.54 Å². The quantitative estimate of drug-likeness (QED) is 0.474. The number of halogens is 5. The van der Waals surface area contributed by atoms with E-state index in [4.69, 9.17) is 0 Å². The first-order valence-corrected chi connectivity index (χ1v) is 11.5. The lowest BCUT2D eigenvalue weighted by Crippen LogP contribution is -2.39. The lowest BCUT2D eigenvalue weighted by molar-refractivity contribution is 0.0648. The van der Waals surface area contributed by atoms with Gasteiger partial charge in [0.25, 0.3) is 24.3 Å². The normalized spacial score (nSPS) is 18.5. The van der Waals surface area contributed by atoms with Crippen LogP contribution in [0, 0.1) is 5.82 Å². The first-order chi connectivity index (χ1) is 16.6. The first-order valence-electron chi connectivity index (χ1n) is 11.5. The van der Waals surface area contributed by atoms with Gasteiger partial charge in [0.15, 0.2) is 0 Å². The van der Waals surface area contributed by atoms with Crippen molar-refractivity contribution in [1.82, 2.24) is 15.2 Å². The Morgan fingerprint density at radius 3 is 2.40 bits per heavy atom. The number of nitrogens with zero attached hydrogens (tertiary/aromatic N) is 1. The Morgan fingerprint density at radius 2 is 1.80 bits per heavy atom. The van der Waals surface area contributed by atoms with Crippen LogP contribution < -0.4 is 21.5 Å². The number of nitrogens with one attached hydrogen (secondary N) is 3. The number of amides is 1. The number of benzene rings is 1. The van der Waals surface area contributed by atoms with Crippen LogP contribution in [0.3, 0.4) is 0 Å². The number of piperidine rings is 1. The molecule has 1 aromatic carbocycles. The van der Waals surface area contributed by atoms with Crippen LogP contribution in [-0.4, -0.2) is 36.0 Å². The predicted octanol–water partition coefficient (Wildman–Crippen LogP) is 4.33. The second-order valence-electron chi connectivity index (χ2n) is 9.13. The molecule has 2 fully saturated rings. The average Bonchev–Trinajstić information content (AvgIpc) is 3.61. The molecule has 0 bridgehead atoms. The molecule has 1 aromatic heterocycles. The fraction of sp³-hybridized carbons (Fsp3) is 0.500. The van der Waals surface area contributed by atoms with E-state index in [2.05, 4.69) is 16.0 Å². The summed E-state index contributed by atoms with van der Waals surface area (Å²) in [6.45, 7) is 2.91. The van der Waals surface area contributed by atoms with Crippen LogP contribution in [0.25, 0.3) is 0 Å². The molecule has 11 heteroatoms. The monoisotopic (exact) mass is 498 g/mol. The van der Waals surface area contributed by atoms with Crippen LogP contribution >= 0.6 is 0 Å². The number of hydrogen-bond acceptors (Lipinski definition) is 4. The van der Waals surface area contributed by atoms with Gasteiger partial charge >= 0.3 is 0 Å². The zero-order valence-electron chi connectivity index (χ0n) is 19.1. The minimum Gasteiger partial charge on any atom is -0.381 e. The van der Waals surface area contributed by atoms with Gasteiger partial charge in [0.05, 0.1) is 22.9 Å². The molecule has 1 amide bonds. The average molecular weight is 498 g/mol. The Morgan fingerprint density at radius 1 is 1.14 bits per heavy atom. The van der Waals surface area contributed by atoms with Gasteiger partial charge in [-0.15, -0.1) is 0 Å². The van der Waals surface area contributed by atoms with E-state index in [1.54, 1.807) is 0 Å². The van der Waals surface area contributed by atoms with Gasteiger partial charge in [-0.05, 0) is 45.7 Å². The molecule has 4 rings (SSSR count). The van der Waals surface area contributed by atoms with Crippen molar-refractivity contribution in [3.63, 3.8) is 0 Å². The molecule has 35 heavy (non-hydrogen) atoms. The van der Waals surface area contributed by atoms with Crippen LogP contribution in [0.1, 0.15) is 66.6 Å². The second-order valence-corrected chi connectivity index (χ2v) is 9.13. The molecule has 1 aliphatic heterocycles. The molecule has 0 spiro atoms. The summed E-state index contributed by atoms with van der Waals surface area (Å²) >= 11 is 0. The number of aromatic nitrogens is 1. The van der Waals surface area contributed by atoms with Gasteiger partial charge in [0.2, 0.25) is 0 Å². The second kappa shape index (κ2) is 9.96. The summed E-state index contributed by atoms with van der Waals surface area (Å²) in [6.07, 6.45) is -3.02. The SMILES string of the molecule is CC(NC(=O)c1cn(C2(C(F)F)CC2)c(=O)cc1NC1CCNCC1)c1cccc(C(F)F)c1F. The molecular weight excluding hydrogens is 471 g/mol. The van der Waals surface area contributed by atoms with Crippen molar-refractivity contribution in [3.8, 4) is 0 Å². The number of carbonyl (C=O) groups is 1. The summed E-state index contributed by atoms with van der Waals surface area (Å²) in [5.41, 5.74) is -3.08. The highest BCUT2D eigenvalue weighted by molar-refractivity contribution is 5.99.